The Bertz CT molecular complexity index is 705. The molecule has 1 heterocycles. The highest BCUT2D eigenvalue weighted by Crippen LogP contribution is 2.36. The molecule has 29 heavy (non-hydrogen) atoms. The standard InChI is InChI=1S/C15H28BrN6O6P/c1-4-7-18-29(26,19-8-6-16)28-10-9-21(5-2)15(23)27-12-13-11-17-14(20(13)3)22(24)25/h11H,4-10,12H2,1-3H3,(H2,18,19,26). The number of carbonyl (C=O) groups is 1. The number of imidazole rings is 1. The van der Waals surface area contributed by atoms with E-state index in [1.807, 2.05) is 6.92 Å². The number of likely N-dealkylation sites (N-methyl/N-ethyl adjacent to an activating group) is 1. The summed E-state index contributed by atoms with van der Waals surface area (Å²) in [5, 5.41) is 17.1. The lowest BCUT2D eigenvalue weighted by molar-refractivity contribution is -0.396. The first kappa shape index (κ1) is 25.5. The fraction of sp³-hybridized carbons (Fsp3) is 0.733. The van der Waals surface area contributed by atoms with E-state index in [0.717, 1.165) is 6.42 Å². The predicted octanol–water partition coefficient (Wildman–Crippen LogP) is 2.40. The summed E-state index contributed by atoms with van der Waals surface area (Å²) in [7, 11) is -1.74. The first-order valence-corrected chi connectivity index (χ1v) is 11.9. The number of hydrogen-bond acceptors (Lipinski definition) is 7. The largest absolute Gasteiger partial charge is 0.441 e. The van der Waals surface area contributed by atoms with Gasteiger partial charge in [0.15, 0.2) is 12.3 Å². The molecule has 166 valence electrons. The molecule has 0 spiro atoms. The van der Waals surface area contributed by atoms with Crippen LogP contribution >= 0.6 is 23.6 Å². The molecule has 14 heteroatoms. The van der Waals surface area contributed by atoms with Crippen molar-refractivity contribution in [1.29, 1.82) is 0 Å². The SMILES string of the molecule is CCCNP(=O)(NCCBr)OCCN(CC)C(=O)OCc1cnc([N+](=O)[O-])n1C. The number of hydrogen-bond donors (Lipinski definition) is 2. The van der Waals surface area contributed by atoms with Gasteiger partial charge in [-0.15, -0.1) is 0 Å². The van der Waals surface area contributed by atoms with Crippen LogP contribution in [0.3, 0.4) is 0 Å². The van der Waals surface area contributed by atoms with Crippen molar-refractivity contribution >= 4 is 35.6 Å². The summed E-state index contributed by atoms with van der Waals surface area (Å²) in [4.78, 5) is 27.5. The topological polar surface area (TPSA) is 141 Å². The maximum atomic E-state index is 12.7. The Labute approximate surface area is 178 Å². The quantitative estimate of drug-likeness (QED) is 0.171. The van der Waals surface area contributed by atoms with Crippen molar-refractivity contribution in [3.05, 3.63) is 22.0 Å². The number of nitrogens with one attached hydrogen (secondary N) is 2. The van der Waals surface area contributed by atoms with Crippen molar-refractivity contribution in [1.82, 2.24) is 24.6 Å². The van der Waals surface area contributed by atoms with Crippen LogP contribution in [0.25, 0.3) is 0 Å². The average molecular weight is 499 g/mol. The van der Waals surface area contributed by atoms with Crippen molar-refractivity contribution < 1.29 is 23.5 Å². The van der Waals surface area contributed by atoms with Crippen molar-refractivity contribution in [3.63, 3.8) is 0 Å². The lowest BCUT2D eigenvalue weighted by Gasteiger charge is -2.23. The molecule has 0 aliphatic heterocycles. The molecule has 1 aromatic rings. The second kappa shape index (κ2) is 12.9. The zero-order valence-electron chi connectivity index (χ0n) is 16.8. The third-order valence-electron chi connectivity index (χ3n) is 3.83. The van der Waals surface area contributed by atoms with E-state index < -0.39 is 18.7 Å². The molecule has 0 saturated heterocycles. The molecule has 1 aromatic heterocycles. The molecular formula is C15H28BrN6O6P. The summed E-state index contributed by atoms with van der Waals surface area (Å²) in [6, 6.07) is 0. The van der Waals surface area contributed by atoms with Crippen molar-refractivity contribution in [2.75, 3.05) is 38.1 Å². The minimum Gasteiger partial charge on any atom is -0.441 e. The normalized spacial score (nSPS) is 13.1. The second-order valence-corrected chi connectivity index (χ2v) is 8.68. The van der Waals surface area contributed by atoms with Gasteiger partial charge in [0.05, 0.1) is 13.7 Å². The van der Waals surface area contributed by atoms with Gasteiger partial charge >= 0.3 is 19.7 Å². The van der Waals surface area contributed by atoms with Gasteiger partial charge in [0, 0.05) is 31.5 Å². The predicted molar refractivity (Wildman–Crippen MR) is 111 cm³/mol. The van der Waals surface area contributed by atoms with E-state index in [0.29, 0.717) is 30.7 Å². The van der Waals surface area contributed by atoms with Crippen LogP contribution in [0.2, 0.25) is 0 Å². The van der Waals surface area contributed by atoms with E-state index in [4.69, 9.17) is 9.26 Å². The summed E-state index contributed by atoms with van der Waals surface area (Å²) >= 11 is 3.26. The molecule has 0 bridgehead atoms. The monoisotopic (exact) mass is 498 g/mol. The lowest BCUT2D eigenvalue weighted by atomic mass is 10.5. The smallest absolute Gasteiger partial charge is 0.434 e. The van der Waals surface area contributed by atoms with Crippen LogP contribution < -0.4 is 10.2 Å². The highest BCUT2D eigenvalue weighted by molar-refractivity contribution is 9.09. The lowest BCUT2D eigenvalue weighted by Crippen LogP contribution is -2.35. The van der Waals surface area contributed by atoms with Crippen LogP contribution in [0.1, 0.15) is 26.0 Å². The molecule has 0 fully saturated rings. The molecule has 0 aromatic carbocycles. The summed E-state index contributed by atoms with van der Waals surface area (Å²) in [6.45, 7) is 5.14. The Morgan fingerprint density at radius 3 is 2.66 bits per heavy atom. The molecule has 0 saturated carbocycles. The minimum absolute atomic E-state index is 0.0450. The van der Waals surface area contributed by atoms with Gasteiger partial charge in [0.25, 0.3) is 0 Å². The van der Waals surface area contributed by atoms with Crippen molar-refractivity contribution in [3.8, 4) is 0 Å². The average Bonchev–Trinajstić information content (AvgIpc) is 3.07. The van der Waals surface area contributed by atoms with Crippen LogP contribution in [0.15, 0.2) is 6.20 Å². The van der Waals surface area contributed by atoms with Gasteiger partial charge in [-0.05, 0) is 18.3 Å². The Morgan fingerprint density at radius 2 is 2.10 bits per heavy atom. The molecule has 0 radical (unpaired) electrons. The fourth-order valence-corrected chi connectivity index (χ4v) is 4.28. The van der Waals surface area contributed by atoms with Gasteiger partial charge in [-0.25, -0.2) is 19.5 Å². The van der Waals surface area contributed by atoms with Gasteiger partial charge in [0.1, 0.15) is 6.20 Å². The zero-order valence-corrected chi connectivity index (χ0v) is 19.3. The molecule has 0 aliphatic carbocycles. The van der Waals surface area contributed by atoms with E-state index in [2.05, 4.69) is 31.1 Å². The Morgan fingerprint density at radius 1 is 1.41 bits per heavy atom. The first-order valence-electron chi connectivity index (χ1n) is 9.15. The fourth-order valence-electron chi connectivity index (χ4n) is 2.22. The summed E-state index contributed by atoms with van der Waals surface area (Å²) in [5.74, 6) is -0.330. The Kier molecular flexibility index (Phi) is 11.4. The summed E-state index contributed by atoms with van der Waals surface area (Å²) < 4.78 is 24.7. The third kappa shape index (κ3) is 8.39. The van der Waals surface area contributed by atoms with Gasteiger partial charge in [0.2, 0.25) is 0 Å². The van der Waals surface area contributed by atoms with Gasteiger partial charge in [-0.1, -0.05) is 27.8 Å². The van der Waals surface area contributed by atoms with Gasteiger partial charge in [-0.2, -0.15) is 0 Å². The van der Waals surface area contributed by atoms with Gasteiger partial charge < -0.3 is 24.3 Å². The van der Waals surface area contributed by atoms with E-state index in [-0.39, 0.29) is 25.7 Å². The first-order chi connectivity index (χ1) is 13.8. The minimum atomic E-state index is -3.21. The van der Waals surface area contributed by atoms with Crippen LogP contribution in [-0.2, 0) is 27.5 Å². The Balaban J connectivity index is 2.55. The van der Waals surface area contributed by atoms with Crippen LogP contribution in [-0.4, -0.2) is 63.6 Å². The number of aromatic nitrogens is 2. The maximum Gasteiger partial charge on any atom is 0.434 e. The molecule has 1 unspecified atom stereocenters. The van der Waals surface area contributed by atoms with E-state index >= 15 is 0 Å². The summed E-state index contributed by atoms with van der Waals surface area (Å²) in [6.07, 6.45) is 1.48. The van der Waals surface area contributed by atoms with E-state index in [1.54, 1.807) is 6.92 Å². The van der Waals surface area contributed by atoms with Crippen molar-refractivity contribution in [2.24, 2.45) is 7.05 Å². The number of carbonyl (C=O) groups excluding carboxylic acids is 1. The number of alkyl halides is 1. The number of amides is 1. The molecule has 1 amide bonds. The number of nitro groups is 1. The molecular weight excluding hydrogens is 471 g/mol. The van der Waals surface area contributed by atoms with E-state index in [1.165, 1.54) is 22.7 Å². The third-order valence-corrected chi connectivity index (χ3v) is 6.05. The number of nitrogens with zero attached hydrogens (tertiary/aromatic N) is 4. The van der Waals surface area contributed by atoms with Crippen molar-refractivity contribution in [2.45, 2.75) is 26.9 Å². The van der Waals surface area contributed by atoms with Crippen LogP contribution in [0, 0.1) is 10.1 Å². The maximum absolute atomic E-state index is 12.7. The van der Waals surface area contributed by atoms with E-state index in [9.17, 15) is 19.5 Å². The van der Waals surface area contributed by atoms with Gasteiger partial charge in [-0.3, -0.25) is 4.57 Å². The second-order valence-electron chi connectivity index (χ2n) is 5.89. The molecule has 1 rings (SSSR count). The number of halogens is 1. The summed E-state index contributed by atoms with van der Waals surface area (Å²) in [5.41, 5.74) is 0.393. The van der Waals surface area contributed by atoms with Crippen LogP contribution in [0.5, 0.6) is 0 Å². The molecule has 12 nitrogen and oxygen atoms in total. The number of ether oxygens (including phenoxy) is 1. The highest BCUT2D eigenvalue weighted by Gasteiger charge is 2.23. The molecule has 2 N–H and O–H groups in total. The molecule has 0 aliphatic rings. The molecule has 1 atom stereocenters. The van der Waals surface area contributed by atoms with Crippen LogP contribution in [0.4, 0.5) is 10.7 Å². The zero-order chi connectivity index (χ0) is 21.9. The highest BCUT2D eigenvalue weighted by atomic mass is 79.9. The number of rotatable bonds is 14. The Hall–Kier alpha value is -1.53.